The Kier molecular flexibility index (Phi) is 5.61. The first-order chi connectivity index (χ1) is 8.04. The smallest absolute Gasteiger partial charge is 0.410 e. The van der Waals surface area contributed by atoms with Crippen molar-refractivity contribution in [2.75, 3.05) is 7.05 Å². The minimum atomic E-state index is -1.06. The lowest BCUT2D eigenvalue weighted by Crippen LogP contribution is -2.47. The van der Waals surface area contributed by atoms with Crippen molar-refractivity contribution >= 4 is 18.0 Å². The van der Waals surface area contributed by atoms with Crippen molar-refractivity contribution in [1.82, 2.24) is 4.90 Å². The Labute approximate surface area is 106 Å². The summed E-state index contributed by atoms with van der Waals surface area (Å²) in [5.41, 5.74) is 4.45. The van der Waals surface area contributed by atoms with Gasteiger partial charge in [-0.1, -0.05) is 0 Å². The summed E-state index contributed by atoms with van der Waals surface area (Å²) in [7, 11) is 1.35. The highest BCUT2D eigenvalue weighted by Crippen LogP contribution is 2.13. The van der Waals surface area contributed by atoms with Crippen molar-refractivity contribution in [2.45, 2.75) is 45.3 Å². The first kappa shape index (κ1) is 16.2. The summed E-state index contributed by atoms with van der Waals surface area (Å²) in [6.07, 6.45) is -1.00. The van der Waals surface area contributed by atoms with Crippen LogP contribution < -0.4 is 5.73 Å². The standard InChI is InChI=1S/C11H20N2O5/c1-11(2,3)18-10(17)13(4)7(9(12)16)5-6-8(14)15/h7H,5-6H2,1-4H3,(H2,12,16)(H,14,15)/t7-/m1/s1. The number of primary amides is 1. The summed E-state index contributed by atoms with van der Waals surface area (Å²) in [5.74, 6) is -1.82. The van der Waals surface area contributed by atoms with Gasteiger partial charge in [0.2, 0.25) is 5.91 Å². The largest absolute Gasteiger partial charge is 0.481 e. The monoisotopic (exact) mass is 260 g/mol. The fourth-order valence-corrected chi connectivity index (χ4v) is 1.25. The van der Waals surface area contributed by atoms with Crippen molar-refractivity contribution in [3.05, 3.63) is 0 Å². The molecular weight excluding hydrogens is 240 g/mol. The van der Waals surface area contributed by atoms with E-state index in [-0.39, 0.29) is 12.8 Å². The third-order valence-electron chi connectivity index (χ3n) is 2.11. The van der Waals surface area contributed by atoms with Crippen molar-refractivity contribution < 1.29 is 24.2 Å². The molecule has 0 aromatic heterocycles. The van der Waals surface area contributed by atoms with E-state index in [0.29, 0.717) is 0 Å². The lowest BCUT2D eigenvalue weighted by molar-refractivity contribution is -0.137. The van der Waals surface area contributed by atoms with Crippen LogP contribution in [0.4, 0.5) is 4.79 Å². The maximum absolute atomic E-state index is 11.7. The molecular formula is C11H20N2O5. The molecule has 1 atom stereocenters. The number of amides is 2. The van der Waals surface area contributed by atoms with E-state index < -0.39 is 29.6 Å². The molecule has 2 amide bonds. The predicted molar refractivity (Wildman–Crippen MR) is 63.8 cm³/mol. The molecule has 3 N–H and O–H groups in total. The van der Waals surface area contributed by atoms with Gasteiger partial charge in [0.1, 0.15) is 11.6 Å². The Bertz CT molecular complexity index is 335. The van der Waals surface area contributed by atoms with Gasteiger partial charge in [0.25, 0.3) is 0 Å². The number of carbonyl (C=O) groups excluding carboxylic acids is 2. The number of aliphatic carboxylic acids is 1. The van der Waals surface area contributed by atoms with Crippen LogP contribution in [0.2, 0.25) is 0 Å². The van der Waals surface area contributed by atoms with Crippen molar-refractivity contribution in [1.29, 1.82) is 0 Å². The second-order valence-corrected chi connectivity index (χ2v) is 4.94. The van der Waals surface area contributed by atoms with E-state index in [4.69, 9.17) is 15.6 Å². The highest BCUT2D eigenvalue weighted by molar-refractivity contribution is 5.84. The number of nitrogens with two attached hydrogens (primary N) is 1. The molecule has 0 bridgehead atoms. The maximum atomic E-state index is 11.7. The third kappa shape index (κ3) is 6.07. The zero-order chi connectivity index (χ0) is 14.5. The van der Waals surface area contributed by atoms with Gasteiger partial charge in [0.05, 0.1) is 0 Å². The molecule has 0 aliphatic rings. The third-order valence-corrected chi connectivity index (χ3v) is 2.11. The Balaban J connectivity index is 4.65. The molecule has 0 heterocycles. The maximum Gasteiger partial charge on any atom is 0.410 e. The van der Waals surface area contributed by atoms with Crippen LogP contribution in [0.25, 0.3) is 0 Å². The second-order valence-electron chi connectivity index (χ2n) is 4.94. The van der Waals surface area contributed by atoms with Crippen molar-refractivity contribution in [2.24, 2.45) is 5.73 Å². The van der Waals surface area contributed by atoms with E-state index in [0.717, 1.165) is 4.90 Å². The molecule has 0 unspecified atom stereocenters. The molecule has 7 heteroatoms. The predicted octanol–water partition coefficient (Wildman–Crippen LogP) is 0.572. The van der Waals surface area contributed by atoms with Crippen molar-refractivity contribution in [3.8, 4) is 0 Å². The van der Waals surface area contributed by atoms with Gasteiger partial charge in [-0.3, -0.25) is 14.5 Å². The summed E-state index contributed by atoms with van der Waals surface area (Å²) in [6.45, 7) is 5.07. The van der Waals surface area contributed by atoms with Crippen LogP contribution in [0.3, 0.4) is 0 Å². The molecule has 104 valence electrons. The lowest BCUT2D eigenvalue weighted by atomic mass is 10.1. The molecule has 0 aliphatic carbocycles. The first-order valence-electron chi connectivity index (χ1n) is 5.51. The highest BCUT2D eigenvalue weighted by Gasteiger charge is 2.29. The fraction of sp³-hybridized carbons (Fsp3) is 0.727. The molecule has 0 aromatic rings. The molecule has 0 spiro atoms. The summed E-state index contributed by atoms with van der Waals surface area (Å²) >= 11 is 0. The highest BCUT2D eigenvalue weighted by atomic mass is 16.6. The number of hydrogen-bond acceptors (Lipinski definition) is 4. The van der Waals surface area contributed by atoms with Crippen LogP contribution >= 0.6 is 0 Å². The van der Waals surface area contributed by atoms with Gasteiger partial charge < -0.3 is 15.6 Å². The summed E-state index contributed by atoms with van der Waals surface area (Å²) in [5, 5.41) is 8.56. The Morgan fingerprint density at radius 3 is 2.17 bits per heavy atom. The lowest BCUT2D eigenvalue weighted by Gasteiger charge is -2.28. The Hall–Kier alpha value is -1.79. The van der Waals surface area contributed by atoms with Crippen LogP contribution in [0.1, 0.15) is 33.6 Å². The normalized spacial score (nSPS) is 12.7. The van der Waals surface area contributed by atoms with E-state index in [2.05, 4.69) is 0 Å². The molecule has 18 heavy (non-hydrogen) atoms. The van der Waals surface area contributed by atoms with Crippen LogP contribution in [0, 0.1) is 0 Å². The average Bonchev–Trinajstić information content (AvgIpc) is 2.13. The van der Waals surface area contributed by atoms with Gasteiger partial charge in [-0.15, -0.1) is 0 Å². The Morgan fingerprint density at radius 2 is 1.83 bits per heavy atom. The molecule has 0 radical (unpaired) electrons. The van der Waals surface area contributed by atoms with E-state index >= 15 is 0 Å². The van der Waals surface area contributed by atoms with Crippen LogP contribution in [-0.2, 0) is 14.3 Å². The topological polar surface area (TPSA) is 110 Å². The van der Waals surface area contributed by atoms with E-state index in [9.17, 15) is 14.4 Å². The van der Waals surface area contributed by atoms with Crippen LogP contribution in [-0.4, -0.2) is 46.7 Å². The zero-order valence-corrected chi connectivity index (χ0v) is 11.1. The minimum Gasteiger partial charge on any atom is -0.481 e. The van der Waals surface area contributed by atoms with E-state index in [1.165, 1.54) is 7.05 Å². The van der Waals surface area contributed by atoms with Crippen LogP contribution in [0.15, 0.2) is 0 Å². The van der Waals surface area contributed by atoms with E-state index in [1.54, 1.807) is 20.8 Å². The second kappa shape index (κ2) is 6.23. The first-order valence-corrected chi connectivity index (χ1v) is 5.51. The quantitative estimate of drug-likeness (QED) is 0.751. The molecule has 7 nitrogen and oxygen atoms in total. The number of carboxylic acid groups (broad SMARTS) is 1. The van der Waals surface area contributed by atoms with Gasteiger partial charge in [0, 0.05) is 13.5 Å². The van der Waals surface area contributed by atoms with Crippen molar-refractivity contribution in [3.63, 3.8) is 0 Å². The van der Waals surface area contributed by atoms with E-state index in [1.807, 2.05) is 0 Å². The molecule has 0 rings (SSSR count). The number of likely N-dealkylation sites (N-methyl/N-ethyl adjacent to an activating group) is 1. The number of ether oxygens (including phenoxy) is 1. The molecule has 0 saturated carbocycles. The van der Waals surface area contributed by atoms with Gasteiger partial charge in [-0.05, 0) is 27.2 Å². The van der Waals surface area contributed by atoms with Crippen LogP contribution in [0.5, 0.6) is 0 Å². The number of carboxylic acids is 1. The fourth-order valence-electron chi connectivity index (χ4n) is 1.25. The molecule has 0 saturated heterocycles. The minimum absolute atomic E-state index is 0.0413. The molecule has 0 aromatic carbocycles. The molecule has 0 fully saturated rings. The number of hydrogen-bond donors (Lipinski definition) is 2. The SMILES string of the molecule is CN(C(=O)OC(C)(C)C)[C@H](CCC(=O)O)C(N)=O. The zero-order valence-electron chi connectivity index (χ0n) is 11.1. The average molecular weight is 260 g/mol. The van der Waals surface area contributed by atoms with Gasteiger partial charge in [0.15, 0.2) is 0 Å². The van der Waals surface area contributed by atoms with Gasteiger partial charge >= 0.3 is 12.1 Å². The summed E-state index contributed by atoms with van der Waals surface area (Å²) < 4.78 is 5.07. The number of carbonyl (C=O) groups is 3. The number of nitrogens with zero attached hydrogens (tertiary/aromatic N) is 1. The molecule has 0 aliphatic heterocycles. The Morgan fingerprint density at radius 1 is 1.33 bits per heavy atom. The van der Waals surface area contributed by atoms with Gasteiger partial charge in [-0.25, -0.2) is 4.79 Å². The van der Waals surface area contributed by atoms with Gasteiger partial charge in [-0.2, -0.15) is 0 Å². The summed E-state index contributed by atoms with van der Waals surface area (Å²) in [4.78, 5) is 34.4. The number of rotatable bonds is 5. The summed E-state index contributed by atoms with van der Waals surface area (Å²) in [6, 6.07) is -0.990.